The zero-order chi connectivity index (χ0) is 17.6. The number of hydrogen-bond acceptors (Lipinski definition) is 2. The van der Waals surface area contributed by atoms with Crippen molar-refractivity contribution in [3.8, 4) is 0 Å². The molecular weight excluding hydrogens is 374 g/mol. The van der Waals surface area contributed by atoms with Gasteiger partial charge in [0.2, 0.25) is 0 Å². The summed E-state index contributed by atoms with van der Waals surface area (Å²) < 4.78 is 13.4. The number of nitrogens with one attached hydrogen (secondary N) is 1. The fraction of sp³-hybridized carbons (Fsp3) is 0.350. The lowest BCUT2D eigenvalue weighted by Gasteiger charge is -2.30. The monoisotopic (exact) mass is 394 g/mol. The molecule has 26 heavy (non-hydrogen) atoms. The summed E-state index contributed by atoms with van der Waals surface area (Å²) in [5, 5.41) is 3.62. The molecule has 1 N–H and O–H groups in total. The van der Waals surface area contributed by atoms with E-state index in [4.69, 9.17) is 11.6 Å². The van der Waals surface area contributed by atoms with Gasteiger partial charge in [0.15, 0.2) is 0 Å². The first kappa shape index (κ1) is 19.2. The molecule has 2 fully saturated rings. The molecule has 0 spiro atoms. The van der Waals surface area contributed by atoms with Gasteiger partial charge in [0.1, 0.15) is 5.82 Å². The predicted molar refractivity (Wildman–Crippen MR) is 103 cm³/mol. The van der Waals surface area contributed by atoms with E-state index in [1.165, 1.54) is 29.3 Å². The van der Waals surface area contributed by atoms with Gasteiger partial charge in [-0.2, -0.15) is 0 Å². The SMILES string of the molecule is Cc1ccccc1[C@@H]1[C@H]2CNC[C@H]2CN1C(=O)c1ccc(F)cc1Cl.Cl. The van der Waals surface area contributed by atoms with Crippen molar-refractivity contribution in [1.29, 1.82) is 0 Å². The van der Waals surface area contributed by atoms with Gasteiger partial charge >= 0.3 is 0 Å². The van der Waals surface area contributed by atoms with E-state index in [1.807, 2.05) is 17.0 Å². The molecule has 3 atom stereocenters. The molecule has 0 unspecified atom stereocenters. The Kier molecular flexibility index (Phi) is 5.56. The summed E-state index contributed by atoms with van der Waals surface area (Å²) in [6, 6.07) is 12.2. The average molecular weight is 395 g/mol. The van der Waals surface area contributed by atoms with Crippen molar-refractivity contribution in [3.63, 3.8) is 0 Å². The highest BCUT2D eigenvalue weighted by atomic mass is 35.5. The Morgan fingerprint density at radius 1 is 1.23 bits per heavy atom. The molecule has 2 aromatic carbocycles. The maximum atomic E-state index is 13.4. The van der Waals surface area contributed by atoms with Crippen LogP contribution >= 0.6 is 24.0 Å². The lowest BCUT2D eigenvalue weighted by molar-refractivity contribution is 0.0714. The largest absolute Gasteiger partial charge is 0.331 e. The molecule has 2 aliphatic rings. The number of hydrogen-bond donors (Lipinski definition) is 1. The topological polar surface area (TPSA) is 32.3 Å². The highest BCUT2D eigenvalue weighted by Gasteiger charge is 2.47. The summed E-state index contributed by atoms with van der Waals surface area (Å²) in [6.45, 7) is 4.61. The number of likely N-dealkylation sites (tertiary alicyclic amines) is 1. The van der Waals surface area contributed by atoms with Crippen molar-refractivity contribution in [1.82, 2.24) is 10.2 Å². The smallest absolute Gasteiger partial charge is 0.255 e. The molecule has 0 radical (unpaired) electrons. The summed E-state index contributed by atoms with van der Waals surface area (Å²) in [7, 11) is 0. The molecule has 4 rings (SSSR count). The molecule has 6 heteroatoms. The van der Waals surface area contributed by atoms with E-state index in [9.17, 15) is 9.18 Å². The van der Waals surface area contributed by atoms with Gasteiger partial charge in [0.25, 0.3) is 5.91 Å². The molecule has 0 saturated carbocycles. The van der Waals surface area contributed by atoms with E-state index in [0.717, 1.165) is 13.1 Å². The van der Waals surface area contributed by atoms with Gasteiger partial charge in [-0.15, -0.1) is 12.4 Å². The first-order valence-corrected chi connectivity index (χ1v) is 8.96. The highest BCUT2D eigenvalue weighted by Crippen LogP contribution is 2.44. The molecule has 0 aliphatic carbocycles. The molecule has 1 amide bonds. The van der Waals surface area contributed by atoms with Crippen molar-refractivity contribution >= 4 is 29.9 Å². The number of amides is 1. The molecule has 2 heterocycles. The standard InChI is InChI=1S/C20H20ClFN2O.ClH/c1-12-4-2-3-5-15(12)19-17-10-23-9-13(17)11-24(19)20(25)16-7-6-14(22)8-18(16)21;/h2-8,13,17,19,23H,9-11H2,1H3;1H/t13-,17-,19+;/m0./s1. The Balaban J connectivity index is 0.00000196. The van der Waals surface area contributed by atoms with Gasteiger partial charge in [-0.25, -0.2) is 4.39 Å². The quantitative estimate of drug-likeness (QED) is 0.825. The lowest BCUT2D eigenvalue weighted by Crippen LogP contribution is -2.35. The number of benzene rings is 2. The summed E-state index contributed by atoms with van der Waals surface area (Å²) in [5.74, 6) is 0.282. The van der Waals surface area contributed by atoms with Gasteiger partial charge in [0, 0.05) is 25.6 Å². The predicted octanol–water partition coefficient (Wildman–Crippen LogP) is 4.24. The number of rotatable bonds is 2. The summed E-state index contributed by atoms with van der Waals surface area (Å²) >= 11 is 6.15. The first-order chi connectivity index (χ1) is 12.1. The van der Waals surface area contributed by atoms with Crippen LogP contribution in [0.2, 0.25) is 5.02 Å². The number of aryl methyl sites for hydroxylation is 1. The van der Waals surface area contributed by atoms with Crippen LogP contribution in [0.5, 0.6) is 0 Å². The van der Waals surface area contributed by atoms with Crippen LogP contribution in [0.3, 0.4) is 0 Å². The molecule has 138 valence electrons. The fourth-order valence-electron chi connectivity index (χ4n) is 4.26. The zero-order valence-corrected chi connectivity index (χ0v) is 16.0. The van der Waals surface area contributed by atoms with Crippen LogP contribution in [-0.4, -0.2) is 30.4 Å². The molecule has 0 bridgehead atoms. The van der Waals surface area contributed by atoms with Gasteiger partial charge in [0.05, 0.1) is 16.6 Å². The summed E-state index contributed by atoms with van der Waals surface area (Å²) in [5.41, 5.74) is 2.74. The highest BCUT2D eigenvalue weighted by molar-refractivity contribution is 6.33. The minimum Gasteiger partial charge on any atom is -0.331 e. The van der Waals surface area contributed by atoms with Gasteiger partial charge in [-0.05, 0) is 42.2 Å². The second kappa shape index (κ2) is 7.55. The minimum atomic E-state index is -0.431. The van der Waals surface area contributed by atoms with Crippen molar-refractivity contribution in [2.75, 3.05) is 19.6 Å². The maximum absolute atomic E-state index is 13.4. The van der Waals surface area contributed by atoms with E-state index < -0.39 is 5.82 Å². The Bertz CT molecular complexity index is 829. The van der Waals surface area contributed by atoms with Gasteiger partial charge in [-0.1, -0.05) is 35.9 Å². The van der Waals surface area contributed by atoms with E-state index in [1.54, 1.807) is 0 Å². The molecule has 2 aromatic rings. The maximum Gasteiger partial charge on any atom is 0.255 e. The molecule has 0 aromatic heterocycles. The third-order valence-corrected chi connectivity index (χ3v) is 5.81. The second-order valence-electron chi connectivity index (χ2n) is 6.97. The summed E-state index contributed by atoms with van der Waals surface area (Å²) in [4.78, 5) is 15.1. The van der Waals surface area contributed by atoms with Crippen molar-refractivity contribution in [2.24, 2.45) is 11.8 Å². The van der Waals surface area contributed by atoms with Crippen LogP contribution in [-0.2, 0) is 0 Å². The van der Waals surface area contributed by atoms with Crippen molar-refractivity contribution in [3.05, 3.63) is 70.0 Å². The minimum absolute atomic E-state index is 0. The third-order valence-electron chi connectivity index (χ3n) is 5.49. The Morgan fingerprint density at radius 3 is 2.73 bits per heavy atom. The zero-order valence-electron chi connectivity index (χ0n) is 14.4. The van der Waals surface area contributed by atoms with Gasteiger partial charge < -0.3 is 10.2 Å². The lowest BCUT2D eigenvalue weighted by atomic mass is 9.87. The van der Waals surface area contributed by atoms with E-state index in [2.05, 4.69) is 24.4 Å². The number of fused-ring (bicyclic) bond motifs is 1. The third kappa shape index (κ3) is 3.22. The van der Waals surface area contributed by atoms with Crippen LogP contribution in [0.15, 0.2) is 42.5 Å². The number of nitrogens with zero attached hydrogens (tertiary/aromatic N) is 1. The average Bonchev–Trinajstić information content (AvgIpc) is 3.16. The first-order valence-electron chi connectivity index (χ1n) is 8.58. The van der Waals surface area contributed by atoms with E-state index in [0.29, 0.717) is 23.9 Å². The molecule has 2 saturated heterocycles. The number of halogens is 3. The molecule has 3 nitrogen and oxygen atoms in total. The van der Waals surface area contributed by atoms with Crippen molar-refractivity contribution < 1.29 is 9.18 Å². The van der Waals surface area contributed by atoms with E-state index in [-0.39, 0.29) is 29.4 Å². The van der Waals surface area contributed by atoms with Crippen molar-refractivity contribution in [2.45, 2.75) is 13.0 Å². The summed E-state index contributed by atoms with van der Waals surface area (Å²) in [6.07, 6.45) is 0. The van der Waals surface area contributed by atoms with Crippen LogP contribution in [0.1, 0.15) is 27.5 Å². The van der Waals surface area contributed by atoms with Crippen LogP contribution in [0, 0.1) is 24.6 Å². The Morgan fingerprint density at radius 2 is 2.00 bits per heavy atom. The van der Waals surface area contributed by atoms with Crippen LogP contribution < -0.4 is 5.32 Å². The van der Waals surface area contributed by atoms with Crippen LogP contribution in [0.4, 0.5) is 4.39 Å². The Hall–Kier alpha value is -1.62. The van der Waals surface area contributed by atoms with E-state index >= 15 is 0 Å². The molecular formula is C20H21Cl2FN2O. The number of carbonyl (C=O) groups excluding carboxylic acids is 1. The second-order valence-corrected chi connectivity index (χ2v) is 7.37. The normalized spacial score (nSPS) is 24.3. The van der Waals surface area contributed by atoms with Crippen LogP contribution in [0.25, 0.3) is 0 Å². The Labute approximate surface area is 163 Å². The molecule has 2 aliphatic heterocycles. The van der Waals surface area contributed by atoms with Gasteiger partial charge in [-0.3, -0.25) is 4.79 Å². The number of carbonyl (C=O) groups is 1. The fourth-order valence-corrected chi connectivity index (χ4v) is 4.51.